The Kier molecular flexibility index (Phi) is 6.09. The van der Waals surface area contributed by atoms with Gasteiger partial charge in [-0.15, -0.1) is 5.10 Å². The van der Waals surface area contributed by atoms with Crippen molar-refractivity contribution in [2.45, 2.75) is 29.8 Å². The van der Waals surface area contributed by atoms with E-state index in [-0.39, 0.29) is 11.2 Å². The van der Waals surface area contributed by atoms with Crippen molar-refractivity contribution in [2.75, 3.05) is 20.2 Å². The maximum atomic E-state index is 13.2. The molecular weight excluding hydrogens is 386 g/mol. The Balaban J connectivity index is 1.56. The molecule has 4 rings (SSSR count). The average molecular weight is 410 g/mol. The summed E-state index contributed by atoms with van der Waals surface area (Å²) in [7, 11) is 1.65. The smallest absolute Gasteiger partial charge is 0.240 e. The van der Waals surface area contributed by atoms with Gasteiger partial charge in [0.15, 0.2) is 0 Å². The summed E-state index contributed by atoms with van der Waals surface area (Å²) in [5, 5.41) is 12.4. The van der Waals surface area contributed by atoms with Crippen LogP contribution < -0.4 is 4.74 Å². The first-order valence-electron chi connectivity index (χ1n) is 9.64. The summed E-state index contributed by atoms with van der Waals surface area (Å²) in [5.41, 5.74) is 2.02. The van der Waals surface area contributed by atoms with E-state index in [1.54, 1.807) is 11.8 Å². The van der Waals surface area contributed by atoms with Gasteiger partial charge >= 0.3 is 0 Å². The minimum absolute atomic E-state index is 0.123. The van der Waals surface area contributed by atoms with E-state index in [1.165, 1.54) is 11.8 Å². The van der Waals surface area contributed by atoms with Gasteiger partial charge in [-0.3, -0.25) is 4.79 Å². The van der Waals surface area contributed by atoms with E-state index in [9.17, 15) is 4.79 Å². The third kappa shape index (κ3) is 4.59. The van der Waals surface area contributed by atoms with Crippen LogP contribution in [0.3, 0.4) is 0 Å². The first-order chi connectivity index (χ1) is 14.2. The lowest BCUT2D eigenvalue weighted by Crippen LogP contribution is -2.31. The average Bonchev–Trinajstić information content (AvgIpc) is 3.45. The number of tetrazole rings is 1. The summed E-state index contributed by atoms with van der Waals surface area (Å²) < 4.78 is 6.95. The Morgan fingerprint density at radius 1 is 1.10 bits per heavy atom. The zero-order chi connectivity index (χ0) is 20.1. The predicted octanol–water partition coefficient (Wildman–Crippen LogP) is 3.19. The molecule has 1 atom stereocenters. The van der Waals surface area contributed by atoms with Crippen molar-refractivity contribution in [1.82, 2.24) is 25.1 Å². The number of aromatic nitrogens is 4. The van der Waals surface area contributed by atoms with Gasteiger partial charge in [-0.1, -0.05) is 54.2 Å². The summed E-state index contributed by atoms with van der Waals surface area (Å²) in [6.07, 6.45) is 2.13. The number of ether oxygens (including phenoxy) is 1. The number of hydrogen-bond donors (Lipinski definition) is 0. The fourth-order valence-corrected chi connectivity index (χ4v) is 4.44. The molecule has 150 valence electrons. The van der Waals surface area contributed by atoms with Crippen molar-refractivity contribution in [3.05, 3.63) is 65.7 Å². The van der Waals surface area contributed by atoms with Gasteiger partial charge in [-0.25, -0.2) is 4.68 Å². The predicted molar refractivity (Wildman–Crippen MR) is 111 cm³/mol. The van der Waals surface area contributed by atoms with E-state index in [2.05, 4.69) is 15.5 Å². The Hall–Kier alpha value is -2.87. The number of benzene rings is 2. The maximum absolute atomic E-state index is 13.2. The normalized spacial score (nSPS) is 14.7. The molecule has 1 saturated heterocycles. The van der Waals surface area contributed by atoms with Crippen molar-refractivity contribution >= 4 is 17.7 Å². The molecule has 7 nitrogen and oxygen atoms in total. The molecule has 1 fully saturated rings. The lowest BCUT2D eigenvalue weighted by atomic mass is 10.1. The molecule has 0 radical (unpaired) electrons. The molecule has 29 heavy (non-hydrogen) atoms. The summed E-state index contributed by atoms with van der Waals surface area (Å²) in [5.74, 6) is 0.929. The summed E-state index contributed by atoms with van der Waals surface area (Å²) in [4.78, 5) is 15.2. The molecule has 8 heteroatoms. The minimum atomic E-state index is -0.366. The molecule has 1 aromatic heterocycles. The highest BCUT2D eigenvalue weighted by molar-refractivity contribution is 8.00. The third-order valence-corrected chi connectivity index (χ3v) is 6.17. The van der Waals surface area contributed by atoms with Crippen molar-refractivity contribution in [1.29, 1.82) is 0 Å². The second-order valence-electron chi connectivity index (χ2n) is 6.91. The Labute approximate surface area is 174 Å². The van der Waals surface area contributed by atoms with Gasteiger partial charge in [0, 0.05) is 13.1 Å². The van der Waals surface area contributed by atoms with Gasteiger partial charge in [0.05, 0.1) is 13.7 Å². The zero-order valence-corrected chi connectivity index (χ0v) is 17.1. The van der Waals surface area contributed by atoms with E-state index < -0.39 is 0 Å². The first-order valence-corrected chi connectivity index (χ1v) is 10.5. The van der Waals surface area contributed by atoms with E-state index >= 15 is 0 Å². The number of hydrogen-bond acceptors (Lipinski definition) is 6. The van der Waals surface area contributed by atoms with Gasteiger partial charge < -0.3 is 9.64 Å². The summed E-state index contributed by atoms with van der Waals surface area (Å²) in [6.45, 7) is 2.16. The molecule has 0 N–H and O–H groups in total. The first kappa shape index (κ1) is 19.4. The van der Waals surface area contributed by atoms with Crippen LogP contribution in [0.15, 0.2) is 59.8 Å². The quantitative estimate of drug-likeness (QED) is 0.558. The van der Waals surface area contributed by atoms with Gasteiger partial charge in [0.25, 0.3) is 0 Å². The molecule has 2 heterocycles. The van der Waals surface area contributed by atoms with Crippen molar-refractivity contribution in [3.63, 3.8) is 0 Å². The van der Waals surface area contributed by atoms with Crippen molar-refractivity contribution in [3.8, 4) is 5.75 Å². The fraction of sp³-hybridized carbons (Fsp3) is 0.333. The third-order valence-electron chi connectivity index (χ3n) is 4.96. The molecule has 1 aliphatic heterocycles. The second-order valence-corrected chi connectivity index (χ2v) is 7.98. The molecule has 2 aromatic carbocycles. The molecule has 3 aromatic rings. The molecule has 1 amide bonds. The van der Waals surface area contributed by atoms with Crippen molar-refractivity contribution < 1.29 is 9.53 Å². The molecule has 0 saturated carbocycles. The van der Waals surface area contributed by atoms with Gasteiger partial charge in [0.1, 0.15) is 11.0 Å². The van der Waals surface area contributed by atoms with E-state index in [1.807, 2.05) is 59.5 Å². The standard InChI is InChI=1S/C21H23N5O2S/c1-28-18-11-9-16(10-12-18)15-26-21(22-23-24-26)29-19(17-7-3-2-4-8-17)20(27)25-13-5-6-14-25/h2-4,7-12,19H,5-6,13-15H2,1H3/t19-/m1/s1. The maximum Gasteiger partial charge on any atom is 0.240 e. The van der Waals surface area contributed by atoms with E-state index in [0.29, 0.717) is 11.7 Å². The molecule has 0 unspecified atom stereocenters. The number of carbonyl (C=O) groups excluding carboxylic acids is 1. The largest absolute Gasteiger partial charge is 0.497 e. The van der Waals surface area contributed by atoms with Crippen molar-refractivity contribution in [2.24, 2.45) is 0 Å². The van der Waals surface area contributed by atoms with Gasteiger partial charge in [-0.2, -0.15) is 0 Å². The minimum Gasteiger partial charge on any atom is -0.497 e. The number of rotatable bonds is 7. The van der Waals surface area contributed by atoms with Crippen LogP contribution in [0.5, 0.6) is 5.75 Å². The van der Waals surface area contributed by atoms with Crippen LogP contribution in [0.4, 0.5) is 0 Å². The molecular formula is C21H23N5O2S. The lowest BCUT2D eigenvalue weighted by molar-refractivity contribution is -0.129. The van der Waals surface area contributed by atoms with Crippen LogP contribution in [0.2, 0.25) is 0 Å². The molecule has 0 bridgehead atoms. The number of methoxy groups -OCH3 is 1. The number of carbonyl (C=O) groups is 1. The van der Waals surface area contributed by atoms with Crippen LogP contribution in [-0.2, 0) is 11.3 Å². The molecule has 1 aliphatic rings. The van der Waals surface area contributed by atoms with Crippen LogP contribution >= 0.6 is 11.8 Å². The monoisotopic (exact) mass is 409 g/mol. The Bertz CT molecular complexity index is 939. The van der Waals surface area contributed by atoms with Crippen LogP contribution in [0.1, 0.15) is 29.2 Å². The Morgan fingerprint density at radius 3 is 2.52 bits per heavy atom. The topological polar surface area (TPSA) is 73.1 Å². The highest BCUT2D eigenvalue weighted by atomic mass is 32.2. The number of nitrogens with zero attached hydrogens (tertiary/aromatic N) is 5. The second kappa shape index (κ2) is 9.09. The van der Waals surface area contributed by atoms with E-state index in [0.717, 1.165) is 42.8 Å². The molecule has 0 spiro atoms. The number of amides is 1. The lowest BCUT2D eigenvalue weighted by Gasteiger charge is -2.22. The number of thioether (sulfide) groups is 1. The Morgan fingerprint density at radius 2 is 1.83 bits per heavy atom. The summed E-state index contributed by atoms with van der Waals surface area (Å²) in [6, 6.07) is 17.6. The number of likely N-dealkylation sites (tertiary alicyclic amines) is 1. The highest BCUT2D eigenvalue weighted by Crippen LogP contribution is 2.36. The van der Waals surface area contributed by atoms with Crippen LogP contribution in [0.25, 0.3) is 0 Å². The van der Waals surface area contributed by atoms with Crippen LogP contribution in [0, 0.1) is 0 Å². The van der Waals surface area contributed by atoms with E-state index in [4.69, 9.17) is 4.74 Å². The zero-order valence-electron chi connectivity index (χ0n) is 16.3. The SMILES string of the molecule is COc1ccc(Cn2nnnc2S[C@@H](C(=O)N2CCCC2)c2ccccc2)cc1. The van der Waals surface area contributed by atoms with Gasteiger partial charge in [-0.05, 0) is 46.5 Å². The summed E-state index contributed by atoms with van der Waals surface area (Å²) >= 11 is 1.41. The van der Waals surface area contributed by atoms with Gasteiger partial charge in [0.2, 0.25) is 11.1 Å². The van der Waals surface area contributed by atoms with Crippen LogP contribution in [-0.4, -0.2) is 51.2 Å². The fourth-order valence-electron chi connectivity index (χ4n) is 3.38. The highest BCUT2D eigenvalue weighted by Gasteiger charge is 2.30. The molecule has 0 aliphatic carbocycles.